The summed E-state index contributed by atoms with van der Waals surface area (Å²) in [6.07, 6.45) is 3.54. The quantitative estimate of drug-likeness (QED) is 0.458. The number of rotatable bonds is 9. The molecule has 0 aliphatic carbocycles. The first-order chi connectivity index (χ1) is 15.8. The van der Waals surface area contributed by atoms with Crippen LogP contribution in [0.25, 0.3) is 0 Å². The normalized spacial score (nSPS) is 20.9. The molecule has 32 heavy (non-hydrogen) atoms. The summed E-state index contributed by atoms with van der Waals surface area (Å²) in [5, 5.41) is 6.92. The molecule has 2 unspecified atom stereocenters. The number of aliphatic imine (C=N–C) groups is 1. The van der Waals surface area contributed by atoms with Crippen LogP contribution in [-0.4, -0.2) is 70.0 Å². The highest BCUT2D eigenvalue weighted by Gasteiger charge is 2.23. The first kappa shape index (κ1) is 22.8. The van der Waals surface area contributed by atoms with Gasteiger partial charge in [-0.25, -0.2) is 4.39 Å². The second-order valence-electron chi connectivity index (χ2n) is 8.27. The van der Waals surface area contributed by atoms with Gasteiger partial charge in [0.15, 0.2) is 5.96 Å². The van der Waals surface area contributed by atoms with Gasteiger partial charge in [0.25, 0.3) is 0 Å². The van der Waals surface area contributed by atoms with Crippen molar-refractivity contribution < 1.29 is 18.3 Å². The Kier molecular flexibility index (Phi) is 8.53. The SMILES string of the molecule is Fc1ccc(C(CN=C(NCCc2ccco2)NCC2CCOC2)N2CCOCC2)cc1. The number of halogens is 1. The van der Waals surface area contributed by atoms with E-state index in [0.717, 1.165) is 69.5 Å². The fourth-order valence-electron chi connectivity index (χ4n) is 4.10. The summed E-state index contributed by atoms with van der Waals surface area (Å²) < 4.78 is 30.0. The smallest absolute Gasteiger partial charge is 0.191 e. The van der Waals surface area contributed by atoms with E-state index in [1.165, 1.54) is 12.1 Å². The monoisotopic (exact) mass is 444 g/mol. The van der Waals surface area contributed by atoms with Crippen LogP contribution in [0.15, 0.2) is 52.1 Å². The zero-order chi connectivity index (χ0) is 22.0. The molecule has 4 rings (SSSR count). The molecule has 7 nitrogen and oxygen atoms in total. The van der Waals surface area contributed by atoms with Gasteiger partial charge in [-0.3, -0.25) is 9.89 Å². The maximum absolute atomic E-state index is 13.5. The maximum Gasteiger partial charge on any atom is 0.191 e. The van der Waals surface area contributed by atoms with Crippen LogP contribution >= 0.6 is 0 Å². The summed E-state index contributed by atoms with van der Waals surface area (Å²) in [6.45, 7) is 6.82. The highest BCUT2D eigenvalue weighted by Crippen LogP contribution is 2.23. The second kappa shape index (κ2) is 12.0. The van der Waals surface area contributed by atoms with Crippen molar-refractivity contribution >= 4 is 5.96 Å². The van der Waals surface area contributed by atoms with Crippen molar-refractivity contribution in [2.45, 2.75) is 18.9 Å². The summed E-state index contributed by atoms with van der Waals surface area (Å²) in [5.74, 6) is 2.00. The highest BCUT2D eigenvalue weighted by atomic mass is 19.1. The fraction of sp³-hybridized carbons (Fsp3) is 0.542. The first-order valence-corrected chi connectivity index (χ1v) is 11.5. The molecule has 2 aliphatic rings. The van der Waals surface area contributed by atoms with Crippen LogP contribution in [0, 0.1) is 11.7 Å². The zero-order valence-electron chi connectivity index (χ0n) is 18.5. The molecule has 2 aromatic rings. The molecule has 3 heterocycles. The lowest BCUT2D eigenvalue weighted by molar-refractivity contribution is 0.0179. The van der Waals surface area contributed by atoms with Gasteiger partial charge in [0.1, 0.15) is 11.6 Å². The standard InChI is InChI=1S/C24H33FN4O3/c25-21-5-3-20(4-6-21)23(29-10-14-30-15-11-29)17-28-24(27-16-19-8-13-31-18-19)26-9-7-22-2-1-12-32-22/h1-6,12,19,23H,7-11,13-18H2,(H2,26,27,28). The van der Waals surface area contributed by atoms with Gasteiger partial charge in [-0.05, 0) is 36.2 Å². The van der Waals surface area contributed by atoms with Gasteiger partial charge in [-0.15, -0.1) is 0 Å². The summed E-state index contributed by atoms with van der Waals surface area (Å²) in [5.41, 5.74) is 1.07. The Morgan fingerprint density at radius 3 is 2.66 bits per heavy atom. The van der Waals surface area contributed by atoms with E-state index < -0.39 is 0 Å². The largest absolute Gasteiger partial charge is 0.469 e. The lowest BCUT2D eigenvalue weighted by Crippen LogP contribution is -2.43. The van der Waals surface area contributed by atoms with Crippen LogP contribution in [-0.2, 0) is 15.9 Å². The molecule has 0 saturated carbocycles. The highest BCUT2D eigenvalue weighted by molar-refractivity contribution is 5.79. The van der Waals surface area contributed by atoms with Crippen LogP contribution < -0.4 is 10.6 Å². The number of ether oxygens (including phenoxy) is 2. The Bertz CT molecular complexity index is 816. The van der Waals surface area contributed by atoms with Gasteiger partial charge in [0.05, 0.1) is 38.7 Å². The van der Waals surface area contributed by atoms with Crippen LogP contribution in [0.4, 0.5) is 4.39 Å². The first-order valence-electron chi connectivity index (χ1n) is 11.5. The van der Waals surface area contributed by atoms with E-state index >= 15 is 0 Å². The molecule has 0 bridgehead atoms. The fourth-order valence-corrected chi connectivity index (χ4v) is 4.10. The average Bonchev–Trinajstić information content (AvgIpc) is 3.53. The molecular weight excluding hydrogens is 411 g/mol. The van der Waals surface area contributed by atoms with E-state index in [-0.39, 0.29) is 11.9 Å². The number of morpholine rings is 1. The predicted octanol–water partition coefficient (Wildman–Crippen LogP) is 2.61. The van der Waals surface area contributed by atoms with Crippen molar-refractivity contribution in [1.29, 1.82) is 0 Å². The molecule has 2 fully saturated rings. The van der Waals surface area contributed by atoms with Crippen molar-refractivity contribution in [3.8, 4) is 0 Å². The molecular formula is C24H33FN4O3. The van der Waals surface area contributed by atoms with Gasteiger partial charge >= 0.3 is 0 Å². The van der Waals surface area contributed by atoms with Gasteiger partial charge < -0.3 is 24.5 Å². The Morgan fingerprint density at radius 2 is 1.94 bits per heavy atom. The summed E-state index contributed by atoms with van der Waals surface area (Å²) in [7, 11) is 0. The van der Waals surface area contributed by atoms with E-state index in [2.05, 4.69) is 15.5 Å². The number of nitrogens with one attached hydrogen (secondary N) is 2. The van der Waals surface area contributed by atoms with Crippen LogP contribution in [0.5, 0.6) is 0 Å². The average molecular weight is 445 g/mol. The molecule has 2 N–H and O–H groups in total. The molecule has 2 atom stereocenters. The molecule has 2 saturated heterocycles. The van der Waals surface area contributed by atoms with Crippen molar-refractivity contribution in [2.24, 2.45) is 10.9 Å². The van der Waals surface area contributed by atoms with E-state index in [9.17, 15) is 4.39 Å². The molecule has 0 amide bonds. The lowest BCUT2D eigenvalue weighted by Gasteiger charge is -2.34. The van der Waals surface area contributed by atoms with Crippen LogP contribution in [0.1, 0.15) is 23.8 Å². The van der Waals surface area contributed by atoms with Gasteiger partial charge in [0.2, 0.25) is 0 Å². The molecule has 2 aliphatic heterocycles. The Labute approximate surface area is 189 Å². The van der Waals surface area contributed by atoms with E-state index in [1.807, 2.05) is 24.3 Å². The molecule has 0 radical (unpaired) electrons. The Hall–Kier alpha value is -2.42. The molecule has 8 heteroatoms. The van der Waals surface area contributed by atoms with Gasteiger partial charge in [-0.1, -0.05) is 12.1 Å². The summed E-state index contributed by atoms with van der Waals surface area (Å²) in [6, 6.07) is 10.7. The van der Waals surface area contributed by atoms with Gasteiger partial charge in [-0.2, -0.15) is 0 Å². The number of furan rings is 1. The second-order valence-corrected chi connectivity index (χ2v) is 8.27. The van der Waals surface area contributed by atoms with Crippen molar-refractivity contribution in [2.75, 3.05) is 59.2 Å². The third-order valence-electron chi connectivity index (χ3n) is 5.99. The maximum atomic E-state index is 13.5. The van der Waals surface area contributed by atoms with Crippen molar-refractivity contribution in [3.05, 3.63) is 59.8 Å². The minimum absolute atomic E-state index is 0.0676. The lowest BCUT2D eigenvalue weighted by atomic mass is 10.0. The molecule has 174 valence electrons. The number of nitrogens with zero attached hydrogens (tertiary/aromatic N) is 2. The molecule has 1 aromatic carbocycles. The number of hydrogen-bond acceptors (Lipinski definition) is 5. The number of hydrogen-bond donors (Lipinski definition) is 2. The van der Waals surface area contributed by atoms with E-state index in [4.69, 9.17) is 18.9 Å². The number of guanidine groups is 1. The number of benzene rings is 1. The molecule has 0 spiro atoms. The van der Waals surface area contributed by atoms with E-state index in [1.54, 1.807) is 6.26 Å². The van der Waals surface area contributed by atoms with Crippen molar-refractivity contribution in [1.82, 2.24) is 15.5 Å². The van der Waals surface area contributed by atoms with Crippen LogP contribution in [0.2, 0.25) is 0 Å². The molecule has 1 aromatic heterocycles. The third-order valence-corrected chi connectivity index (χ3v) is 5.99. The summed E-state index contributed by atoms with van der Waals surface area (Å²) >= 11 is 0. The minimum Gasteiger partial charge on any atom is -0.469 e. The zero-order valence-corrected chi connectivity index (χ0v) is 18.5. The topological polar surface area (TPSA) is 71.3 Å². The predicted molar refractivity (Wildman–Crippen MR) is 121 cm³/mol. The third kappa shape index (κ3) is 6.79. The van der Waals surface area contributed by atoms with Gasteiger partial charge in [0, 0.05) is 45.1 Å². The Morgan fingerprint density at radius 1 is 1.09 bits per heavy atom. The minimum atomic E-state index is -0.223. The van der Waals surface area contributed by atoms with Crippen molar-refractivity contribution in [3.63, 3.8) is 0 Å². The van der Waals surface area contributed by atoms with Crippen LogP contribution in [0.3, 0.4) is 0 Å². The van der Waals surface area contributed by atoms with E-state index in [0.29, 0.717) is 25.7 Å². The Balaban J connectivity index is 1.43. The summed E-state index contributed by atoms with van der Waals surface area (Å²) in [4.78, 5) is 7.29.